The third kappa shape index (κ3) is 5.04. The SMILES string of the molecule is N#Cc1c(NC(=O)/C=C/c2ccco2)sc2c1CCN(C(=O)OCCc1ccccn1)C2. The van der Waals surface area contributed by atoms with Crippen LogP contribution in [0, 0.1) is 11.3 Å². The van der Waals surface area contributed by atoms with Crippen LogP contribution >= 0.6 is 11.3 Å². The van der Waals surface area contributed by atoms with Crippen molar-refractivity contribution in [1.82, 2.24) is 9.88 Å². The molecule has 4 heterocycles. The lowest BCUT2D eigenvalue weighted by Crippen LogP contribution is -2.36. The monoisotopic (exact) mass is 448 g/mol. The average molecular weight is 449 g/mol. The van der Waals surface area contributed by atoms with Gasteiger partial charge < -0.3 is 19.4 Å². The van der Waals surface area contributed by atoms with Crippen LogP contribution in [-0.2, 0) is 28.9 Å². The number of hydrogen-bond acceptors (Lipinski definition) is 7. The average Bonchev–Trinajstić information content (AvgIpc) is 3.45. The van der Waals surface area contributed by atoms with Crippen molar-refractivity contribution in [2.45, 2.75) is 19.4 Å². The molecule has 0 atom stereocenters. The Balaban J connectivity index is 1.36. The molecule has 1 aliphatic rings. The number of aromatic nitrogens is 1. The zero-order valence-corrected chi connectivity index (χ0v) is 17.9. The molecule has 0 spiro atoms. The maximum Gasteiger partial charge on any atom is 0.410 e. The van der Waals surface area contributed by atoms with Crippen molar-refractivity contribution in [3.8, 4) is 6.07 Å². The third-order valence-electron chi connectivity index (χ3n) is 4.92. The standard InChI is InChI=1S/C23H20N4O4S/c24-14-19-18-8-11-27(23(29)31-13-9-16-4-1-2-10-25-16)15-20(18)32-22(19)26-21(28)7-6-17-5-3-12-30-17/h1-7,10,12H,8-9,11,13,15H2,(H,26,28)/b7-6+. The minimum Gasteiger partial charge on any atom is -0.465 e. The number of furan rings is 1. The second kappa shape index (κ2) is 9.94. The molecule has 8 nitrogen and oxygen atoms in total. The van der Waals surface area contributed by atoms with Crippen molar-refractivity contribution < 1.29 is 18.7 Å². The largest absolute Gasteiger partial charge is 0.465 e. The summed E-state index contributed by atoms with van der Waals surface area (Å²) in [5, 5.41) is 12.9. The number of nitriles is 1. The van der Waals surface area contributed by atoms with E-state index in [0.29, 0.717) is 42.3 Å². The molecule has 0 saturated carbocycles. The van der Waals surface area contributed by atoms with E-state index in [2.05, 4.69) is 16.4 Å². The van der Waals surface area contributed by atoms with Gasteiger partial charge in [0.15, 0.2) is 0 Å². The lowest BCUT2D eigenvalue weighted by molar-refractivity contribution is -0.111. The van der Waals surface area contributed by atoms with Crippen molar-refractivity contribution in [1.29, 1.82) is 5.26 Å². The van der Waals surface area contributed by atoms with Crippen molar-refractivity contribution >= 4 is 34.4 Å². The van der Waals surface area contributed by atoms with E-state index in [9.17, 15) is 14.9 Å². The van der Waals surface area contributed by atoms with Crippen LogP contribution in [0.4, 0.5) is 9.80 Å². The van der Waals surface area contributed by atoms with Gasteiger partial charge >= 0.3 is 6.09 Å². The molecule has 9 heteroatoms. The predicted octanol–water partition coefficient (Wildman–Crippen LogP) is 4.00. The van der Waals surface area contributed by atoms with E-state index in [1.165, 1.54) is 23.7 Å². The first kappa shape index (κ1) is 21.3. The molecule has 2 amide bonds. The van der Waals surface area contributed by atoms with Gasteiger partial charge in [-0.25, -0.2) is 4.79 Å². The first-order chi connectivity index (χ1) is 15.6. The fourth-order valence-corrected chi connectivity index (χ4v) is 4.56. The normalized spacial score (nSPS) is 12.9. The molecule has 0 aliphatic carbocycles. The van der Waals surface area contributed by atoms with Crippen molar-refractivity contribution in [3.05, 3.63) is 76.3 Å². The fourth-order valence-electron chi connectivity index (χ4n) is 3.34. The number of fused-ring (bicyclic) bond motifs is 1. The highest BCUT2D eigenvalue weighted by atomic mass is 32.1. The van der Waals surface area contributed by atoms with Crippen LogP contribution in [-0.4, -0.2) is 35.0 Å². The van der Waals surface area contributed by atoms with Crippen molar-refractivity contribution in [2.75, 3.05) is 18.5 Å². The third-order valence-corrected chi connectivity index (χ3v) is 6.05. The predicted molar refractivity (Wildman–Crippen MR) is 119 cm³/mol. The molecular weight excluding hydrogens is 428 g/mol. The van der Waals surface area contributed by atoms with Gasteiger partial charge in [0.1, 0.15) is 16.8 Å². The zero-order chi connectivity index (χ0) is 22.3. The number of nitrogens with one attached hydrogen (secondary N) is 1. The highest BCUT2D eigenvalue weighted by Gasteiger charge is 2.28. The Morgan fingerprint density at radius 2 is 2.25 bits per heavy atom. The number of nitrogens with zero attached hydrogens (tertiary/aromatic N) is 3. The molecule has 3 aromatic heterocycles. The van der Waals surface area contributed by atoms with E-state index in [0.717, 1.165) is 16.1 Å². The summed E-state index contributed by atoms with van der Waals surface area (Å²) in [7, 11) is 0. The van der Waals surface area contributed by atoms with Gasteiger partial charge in [0.25, 0.3) is 0 Å². The molecule has 32 heavy (non-hydrogen) atoms. The number of thiophene rings is 1. The van der Waals surface area contributed by atoms with Crippen molar-refractivity contribution in [2.24, 2.45) is 0 Å². The van der Waals surface area contributed by atoms with Gasteiger partial charge in [0.05, 0.1) is 25.0 Å². The molecular formula is C23H20N4O4S. The fraction of sp³-hybridized carbons (Fsp3) is 0.217. The first-order valence-corrected chi connectivity index (χ1v) is 10.8. The van der Waals surface area contributed by atoms with Gasteiger partial charge in [-0.2, -0.15) is 5.26 Å². The van der Waals surface area contributed by atoms with E-state index >= 15 is 0 Å². The van der Waals surface area contributed by atoms with Crippen LogP contribution in [0.3, 0.4) is 0 Å². The van der Waals surface area contributed by atoms with E-state index in [4.69, 9.17) is 9.15 Å². The van der Waals surface area contributed by atoms with Gasteiger partial charge in [-0.3, -0.25) is 9.78 Å². The summed E-state index contributed by atoms with van der Waals surface area (Å²) in [5.41, 5.74) is 2.19. The summed E-state index contributed by atoms with van der Waals surface area (Å²) in [6.07, 6.45) is 6.81. The summed E-state index contributed by atoms with van der Waals surface area (Å²) < 4.78 is 10.6. The second-order valence-corrected chi connectivity index (χ2v) is 8.12. The van der Waals surface area contributed by atoms with E-state index in [1.54, 1.807) is 29.3 Å². The molecule has 1 aliphatic heterocycles. The Hall–Kier alpha value is -3.90. The van der Waals surface area contributed by atoms with Crippen molar-refractivity contribution in [3.63, 3.8) is 0 Å². The number of carbonyl (C=O) groups is 2. The summed E-state index contributed by atoms with van der Waals surface area (Å²) in [6.45, 7) is 1.04. The van der Waals surface area contributed by atoms with Gasteiger partial charge in [-0.1, -0.05) is 6.07 Å². The topological polar surface area (TPSA) is 108 Å². The van der Waals surface area contributed by atoms with Crippen LogP contribution in [0.15, 0.2) is 53.3 Å². The Kier molecular flexibility index (Phi) is 6.63. The molecule has 3 aromatic rings. The lowest BCUT2D eigenvalue weighted by atomic mass is 10.0. The quantitative estimate of drug-likeness (QED) is 0.571. The van der Waals surface area contributed by atoms with E-state index < -0.39 is 6.09 Å². The lowest BCUT2D eigenvalue weighted by Gasteiger charge is -2.26. The molecule has 1 N–H and O–H groups in total. The smallest absolute Gasteiger partial charge is 0.410 e. The summed E-state index contributed by atoms with van der Waals surface area (Å²) >= 11 is 1.31. The number of ether oxygens (including phenoxy) is 1. The molecule has 0 radical (unpaired) electrons. The minimum atomic E-state index is -0.398. The van der Waals surface area contributed by atoms with Crippen LogP contribution in [0.2, 0.25) is 0 Å². The van der Waals surface area contributed by atoms with E-state index in [-0.39, 0.29) is 12.5 Å². The van der Waals surface area contributed by atoms with Crippen LogP contribution in [0.1, 0.15) is 27.5 Å². The molecule has 0 bridgehead atoms. The second-order valence-electron chi connectivity index (χ2n) is 7.01. The first-order valence-electron chi connectivity index (χ1n) is 10.0. The highest BCUT2D eigenvalue weighted by Crippen LogP contribution is 2.36. The Labute approximate surface area is 188 Å². The highest BCUT2D eigenvalue weighted by molar-refractivity contribution is 7.16. The number of anilines is 1. The Bertz CT molecular complexity index is 1160. The van der Waals surface area contributed by atoms with Gasteiger partial charge in [-0.15, -0.1) is 11.3 Å². The molecule has 0 saturated heterocycles. The molecule has 162 valence electrons. The zero-order valence-electron chi connectivity index (χ0n) is 17.1. The van der Waals surface area contributed by atoms with Crippen LogP contribution in [0.25, 0.3) is 6.08 Å². The molecule has 0 aromatic carbocycles. The molecule has 4 rings (SSSR count). The molecule has 0 unspecified atom stereocenters. The minimum absolute atomic E-state index is 0.246. The summed E-state index contributed by atoms with van der Waals surface area (Å²) in [6, 6.07) is 11.3. The Morgan fingerprint density at radius 1 is 1.34 bits per heavy atom. The maximum atomic E-state index is 12.5. The number of carbonyl (C=O) groups excluding carboxylic acids is 2. The van der Waals surface area contributed by atoms with Crippen LogP contribution < -0.4 is 5.32 Å². The number of pyridine rings is 1. The number of rotatable bonds is 6. The molecule has 0 fully saturated rings. The van der Waals surface area contributed by atoms with Gasteiger partial charge in [0.2, 0.25) is 5.91 Å². The van der Waals surface area contributed by atoms with Crippen LogP contribution in [0.5, 0.6) is 0 Å². The summed E-state index contributed by atoms with van der Waals surface area (Å²) in [4.78, 5) is 31.4. The Morgan fingerprint density at radius 3 is 3.00 bits per heavy atom. The number of hydrogen-bond donors (Lipinski definition) is 1. The summed E-state index contributed by atoms with van der Waals surface area (Å²) in [5.74, 6) is 0.200. The van der Waals surface area contributed by atoms with E-state index in [1.807, 2.05) is 18.2 Å². The van der Waals surface area contributed by atoms with Gasteiger partial charge in [0, 0.05) is 35.8 Å². The maximum absolute atomic E-state index is 12.5. The van der Waals surface area contributed by atoms with Gasteiger partial charge in [-0.05, 0) is 42.3 Å². The number of amides is 2.